The van der Waals surface area contributed by atoms with Gasteiger partial charge in [-0.2, -0.15) is 5.26 Å². The van der Waals surface area contributed by atoms with E-state index in [9.17, 15) is 10.1 Å². The predicted octanol–water partition coefficient (Wildman–Crippen LogP) is 4.40. The zero-order chi connectivity index (χ0) is 16.4. The lowest BCUT2D eigenvalue weighted by Gasteiger charge is -2.24. The van der Waals surface area contributed by atoms with Gasteiger partial charge in [-0.3, -0.25) is 4.79 Å². The van der Waals surface area contributed by atoms with Gasteiger partial charge in [0.25, 0.3) is 0 Å². The van der Waals surface area contributed by atoms with Crippen LogP contribution in [0.5, 0.6) is 0 Å². The molecule has 116 valence electrons. The quantitative estimate of drug-likeness (QED) is 0.836. The second-order valence-electron chi connectivity index (χ2n) is 6.00. The van der Waals surface area contributed by atoms with Gasteiger partial charge in [-0.05, 0) is 36.1 Å². The van der Waals surface area contributed by atoms with Crippen molar-refractivity contribution in [3.8, 4) is 6.07 Å². The van der Waals surface area contributed by atoms with E-state index in [2.05, 4.69) is 13.0 Å². The molecule has 1 saturated carbocycles. The van der Waals surface area contributed by atoms with Gasteiger partial charge in [0, 0.05) is 10.9 Å². The van der Waals surface area contributed by atoms with E-state index in [1.165, 1.54) is 0 Å². The summed E-state index contributed by atoms with van der Waals surface area (Å²) >= 11 is 6.10. The highest BCUT2D eigenvalue weighted by atomic mass is 35.5. The van der Waals surface area contributed by atoms with Crippen molar-refractivity contribution in [2.75, 3.05) is 4.90 Å². The van der Waals surface area contributed by atoms with Gasteiger partial charge in [-0.25, -0.2) is 0 Å². The lowest BCUT2D eigenvalue weighted by molar-refractivity contribution is -0.120. The van der Waals surface area contributed by atoms with Crippen LogP contribution in [0.25, 0.3) is 0 Å². The van der Waals surface area contributed by atoms with E-state index in [0.29, 0.717) is 28.7 Å². The Morgan fingerprint density at radius 2 is 2.00 bits per heavy atom. The molecule has 2 atom stereocenters. The third kappa shape index (κ3) is 3.38. The Labute approximate surface area is 141 Å². The van der Waals surface area contributed by atoms with Crippen molar-refractivity contribution < 1.29 is 4.79 Å². The smallest absolute Gasteiger partial charge is 0.230 e. The summed E-state index contributed by atoms with van der Waals surface area (Å²) in [5.41, 5.74) is 2.08. The topological polar surface area (TPSA) is 44.1 Å². The van der Waals surface area contributed by atoms with Crippen molar-refractivity contribution >= 4 is 23.2 Å². The molecule has 0 aromatic heterocycles. The first-order valence-electron chi connectivity index (χ1n) is 7.65. The van der Waals surface area contributed by atoms with Crippen LogP contribution < -0.4 is 4.90 Å². The Balaban J connectivity index is 2.00. The molecule has 0 radical (unpaired) electrons. The number of halogens is 1. The van der Waals surface area contributed by atoms with Gasteiger partial charge >= 0.3 is 0 Å². The zero-order valence-electron chi connectivity index (χ0n) is 12.9. The average Bonchev–Trinajstić information content (AvgIpc) is 3.30. The van der Waals surface area contributed by atoms with Crippen LogP contribution in [0.15, 0.2) is 48.5 Å². The number of amides is 1. The molecule has 1 aliphatic rings. The van der Waals surface area contributed by atoms with E-state index in [-0.39, 0.29) is 11.8 Å². The summed E-state index contributed by atoms with van der Waals surface area (Å²) in [7, 11) is 0. The number of carbonyl (C=O) groups is 1. The molecule has 3 rings (SSSR count). The molecular weight excluding hydrogens is 308 g/mol. The number of carbonyl (C=O) groups excluding carboxylic acids is 1. The molecule has 3 nitrogen and oxygen atoms in total. The Hall–Kier alpha value is -2.31. The maximum absolute atomic E-state index is 12.9. The van der Waals surface area contributed by atoms with Gasteiger partial charge in [-0.15, -0.1) is 0 Å². The number of benzene rings is 2. The van der Waals surface area contributed by atoms with Gasteiger partial charge in [0.1, 0.15) is 6.07 Å². The Morgan fingerprint density at radius 1 is 1.30 bits per heavy atom. The SMILES string of the molecule is CC1CC1C(=O)N(Cc1ccccc1)c1cc(Cl)ccc1C#N. The van der Waals surface area contributed by atoms with Crippen LogP contribution in [0, 0.1) is 23.2 Å². The third-order valence-electron chi connectivity index (χ3n) is 4.25. The highest BCUT2D eigenvalue weighted by Gasteiger charge is 2.42. The average molecular weight is 325 g/mol. The summed E-state index contributed by atoms with van der Waals surface area (Å²) in [4.78, 5) is 14.6. The van der Waals surface area contributed by atoms with Gasteiger partial charge in [-0.1, -0.05) is 48.9 Å². The molecule has 0 heterocycles. The van der Waals surface area contributed by atoms with Crippen LogP contribution >= 0.6 is 11.6 Å². The number of hydrogen-bond acceptors (Lipinski definition) is 2. The number of anilines is 1. The van der Waals surface area contributed by atoms with Gasteiger partial charge in [0.2, 0.25) is 5.91 Å². The Bertz CT molecular complexity index is 767. The van der Waals surface area contributed by atoms with E-state index in [1.54, 1.807) is 23.1 Å². The molecule has 0 N–H and O–H groups in total. The first kappa shape index (κ1) is 15.6. The molecule has 2 unspecified atom stereocenters. The second-order valence-corrected chi connectivity index (χ2v) is 6.44. The number of rotatable bonds is 4. The van der Waals surface area contributed by atoms with Crippen LogP contribution in [0.3, 0.4) is 0 Å². The molecule has 23 heavy (non-hydrogen) atoms. The summed E-state index contributed by atoms with van der Waals surface area (Å²) in [5, 5.41) is 9.90. The van der Waals surface area contributed by atoms with Crippen LogP contribution in [0.2, 0.25) is 5.02 Å². The number of hydrogen-bond donors (Lipinski definition) is 0. The van der Waals surface area contributed by atoms with Crippen LogP contribution in [0.1, 0.15) is 24.5 Å². The van der Waals surface area contributed by atoms with E-state index >= 15 is 0 Å². The van der Waals surface area contributed by atoms with Crippen molar-refractivity contribution in [3.05, 3.63) is 64.7 Å². The molecule has 4 heteroatoms. The Kier molecular flexibility index (Phi) is 4.36. The van der Waals surface area contributed by atoms with Crippen LogP contribution in [0.4, 0.5) is 5.69 Å². The molecule has 0 bridgehead atoms. The van der Waals surface area contributed by atoms with Crippen molar-refractivity contribution in [2.24, 2.45) is 11.8 Å². The maximum Gasteiger partial charge on any atom is 0.230 e. The third-order valence-corrected chi connectivity index (χ3v) is 4.48. The Morgan fingerprint density at radius 3 is 2.61 bits per heavy atom. The first-order valence-corrected chi connectivity index (χ1v) is 8.03. The number of nitriles is 1. The minimum Gasteiger partial charge on any atom is -0.306 e. The predicted molar refractivity (Wildman–Crippen MR) is 91.1 cm³/mol. The number of nitrogens with zero attached hydrogens (tertiary/aromatic N) is 2. The van der Waals surface area contributed by atoms with Crippen molar-refractivity contribution in [2.45, 2.75) is 19.9 Å². The molecule has 1 fully saturated rings. The van der Waals surface area contributed by atoms with E-state index in [1.807, 2.05) is 30.3 Å². The van der Waals surface area contributed by atoms with E-state index in [4.69, 9.17) is 11.6 Å². The lowest BCUT2D eigenvalue weighted by atomic mass is 10.1. The normalized spacial score (nSPS) is 19.0. The fourth-order valence-electron chi connectivity index (χ4n) is 2.74. The molecule has 2 aromatic carbocycles. The summed E-state index contributed by atoms with van der Waals surface area (Å²) in [6, 6.07) is 17.0. The van der Waals surface area contributed by atoms with Crippen molar-refractivity contribution in [1.29, 1.82) is 5.26 Å². The van der Waals surface area contributed by atoms with Crippen molar-refractivity contribution in [3.63, 3.8) is 0 Å². The maximum atomic E-state index is 12.9. The molecule has 1 aliphatic carbocycles. The summed E-state index contributed by atoms with van der Waals surface area (Å²) in [5.74, 6) is 0.523. The fraction of sp³-hybridized carbons (Fsp3) is 0.263. The minimum absolute atomic E-state index is 0.0456. The van der Waals surface area contributed by atoms with Gasteiger partial charge in [0.15, 0.2) is 0 Å². The molecule has 2 aromatic rings. The monoisotopic (exact) mass is 324 g/mol. The highest BCUT2D eigenvalue weighted by Crippen LogP contribution is 2.41. The van der Waals surface area contributed by atoms with E-state index in [0.717, 1.165) is 12.0 Å². The largest absolute Gasteiger partial charge is 0.306 e. The fourth-order valence-corrected chi connectivity index (χ4v) is 2.90. The standard InChI is InChI=1S/C19H17ClN2O/c1-13-9-17(13)19(23)22(12-14-5-3-2-4-6-14)18-10-16(20)8-7-15(18)11-21/h2-8,10,13,17H,9,12H2,1H3. The molecule has 0 saturated heterocycles. The minimum atomic E-state index is 0.0456. The van der Waals surface area contributed by atoms with Crippen molar-refractivity contribution in [1.82, 2.24) is 0 Å². The highest BCUT2D eigenvalue weighted by molar-refractivity contribution is 6.31. The summed E-state index contributed by atoms with van der Waals surface area (Å²) < 4.78 is 0. The summed E-state index contributed by atoms with van der Waals surface area (Å²) in [6.07, 6.45) is 0.909. The zero-order valence-corrected chi connectivity index (χ0v) is 13.6. The van der Waals surface area contributed by atoms with Crippen LogP contribution in [-0.2, 0) is 11.3 Å². The first-order chi connectivity index (χ1) is 11.1. The molecule has 0 spiro atoms. The molecule has 0 aliphatic heterocycles. The van der Waals surface area contributed by atoms with E-state index < -0.39 is 0 Å². The second kappa shape index (κ2) is 6.44. The molecule has 1 amide bonds. The lowest BCUT2D eigenvalue weighted by Crippen LogP contribution is -2.32. The summed E-state index contributed by atoms with van der Waals surface area (Å²) in [6.45, 7) is 2.52. The van der Waals surface area contributed by atoms with Gasteiger partial charge in [0.05, 0.1) is 17.8 Å². The van der Waals surface area contributed by atoms with Gasteiger partial charge < -0.3 is 4.90 Å². The van der Waals surface area contributed by atoms with Crippen LogP contribution in [-0.4, -0.2) is 5.91 Å². The molecular formula is C19H17ClN2O.